The minimum absolute atomic E-state index is 0.315. The van der Waals surface area contributed by atoms with Gasteiger partial charge in [0, 0.05) is 13.1 Å². The zero-order valence-electron chi connectivity index (χ0n) is 11.7. The molecule has 0 amide bonds. The minimum atomic E-state index is 0.315. The van der Waals surface area contributed by atoms with E-state index in [4.69, 9.17) is 4.74 Å². The highest BCUT2D eigenvalue weighted by Crippen LogP contribution is 2.26. The first kappa shape index (κ1) is 14.0. The summed E-state index contributed by atoms with van der Waals surface area (Å²) < 4.78 is 7.06. The number of rotatable bonds is 7. The van der Waals surface area contributed by atoms with Crippen molar-refractivity contribution in [2.75, 3.05) is 13.7 Å². The topological polar surface area (TPSA) is 39.1 Å². The van der Waals surface area contributed by atoms with Gasteiger partial charge in [0.15, 0.2) is 0 Å². The number of aromatic nitrogens is 2. The highest BCUT2D eigenvalue weighted by Gasteiger charge is 2.21. The molecule has 1 rings (SSSR count). The van der Waals surface area contributed by atoms with Gasteiger partial charge in [0.25, 0.3) is 0 Å². The zero-order valence-corrected chi connectivity index (χ0v) is 11.7. The molecule has 0 spiro atoms. The van der Waals surface area contributed by atoms with Crippen molar-refractivity contribution in [3.63, 3.8) is 0 Å². The van der Waals surface area contributed by atoms with Crippen LogP contribution < -0.4 is 10.1 Å². The number of nitrogens with zero attached hydrogens (tertiary/aromatic N) is 2. The van der Waals surface area contributed by atoms with Crippen molar-refractivity contribution in [3.8, 4) is 5.88 Å². The summed E-state index contributed by atoms with van der Waals surface area (Å²) >= 11 is 0. The van der Waals surface area contributed by atoms with E-state index in [1.54, 1.807) is 11.8 Å². The van der Waals surface area contributed by atoms with Crippen LogP contribution in [0.2, 0.25) is 0 Å². The Bertz CT molecular complexity index is 335. The van der Waals surface area contributed by atoms with E-state index in [0.29, 0.717) is 12.0 Å². The van der Waals surface area contributed by atoms with Crippen LogP contribution in [-0.2, 0) is 7.05 Å². The van der Waals surface area contributed by atoms with Crippen LogP contribution in [0.1, 0.15) is 45.3 Å². The molecule has 2 unspecified atom stereocenters. The molecule has 0 saturated carbocycles. The van der Waals surface area contributed by atoms with E-state index in [1.165, 1.54) is 0 Å². The van der Waals surface area contributed by atoms with E-state index < -0.39 is 0 Å². The molecule has 1 aromatic heterocycles. The van der Waals surface area contributed by atoms with Gasteiger partial charge in [-0.1, -0.05) is 27.2 Å². The molecule has 0 radical (unpaired) electrons. The summed E-state index contributed by atoms with van der Waals surface area (Å²) in [6.45, 7) is 7.67. The Kier molecular flexibility index (Phi) is 5.48. The Labute approximate surface area is 104 Å². The van der Waals surface area contributed by atoms with Crippen molar-refractivity contribution in [1.29, 1.82) is 0 Å². The van der Waals surface area contributed by atoms with Gasteiger partial charge in [0.2, 0.25) is 5.88 Å². The van der Waals surface area contributed by atoms with Gasteiger partial charge in [-0.15, -0.1) is 0 Å². The van der Waals surface area contributed by atoms with Gasteiger partial charge in [-0.25, -0.2) is 4.68 Å². The number of hydrogen-bond acceptors (Lipinski definition) is 3. The first-order chi connectivity index (χ1) is 8.13. The molecule has 0 fully saturated rings. The number of hydrogen-bond donors (Lipinski definition) is 1. The number of ether oxygens (including phenoxy) is 1. The summed E-state index contributed by atoms with van der Waals surface area (Å²) in [7, 11) is 3.59. The van der Waals surface area contributed by atoms with Gasteiger partial charge >= 0.3 is 0 Å². The molecule has 98 valence electrons. The second kappa shape index (κ2) is 6.64. The zero-order chi connectivity index (χ0) is 12.8. The monoisotopic (exact) mass is 239 g/mol. The molecule has 0 aliphatic carbocycles. The van der Waals surface area contributed by atoms with Crippen LogP contribution in [0.4, 0.5) is 0 Å². The van der Waals surface area contributed by atoms with Crippen LogP contribution in [0, 0.1) is 5.92 Å². The van der Waals surface area contributed by atoms with Gasteiger partial charge in [-0.05, 0) is 18.9 Å². The maximum absolute atomic E-state index is 5.27. The molecule has 0 bridgehead atoms. The largest absolute Gasteiger partial charge is 0.481 e. The smallest absolute Gasteiger partial charge is 0.211 e. The predicted molar refractivity (Wildman–Crippen MR) is 70.2 cm³/mol. The molecule has 2 atom stereocenters. The summed E-state index contributed by atoms with van der Waals surface area (Å²) in [6, 6.07) is 2.34. The predicted octanol–water partition coefficient (Wildman–Crippen LogP) is 2.52. The van der Waals surface area contributed by atoms with E-state index in [1.807, 2.05) is 13.1 Å². The molecule has 0 aliphatic heterocycles. The molecule has 4 nitrogen and oxygen atoms in total. The third-order valence-electron chi connectivity index (χ3n) is 3.21. The fraction of sp³-hybridized carbons (Fsp3) is 0.769. The van der Waals surface area contributed by atoms with Crippen molar-refractivity contribution in [1.82, 2.24) is 15.1 Å². The average Bonchev–Trinajstić information content (AvgIpc) is 2.70. The van der Waals surface area contributed by atoms with Gasteiger partial charge in [-0.2, -0.15) is 5.10 Å². The van der Waals surface area contributed by atoms with Gasteiger partial charge in [-0.3, -0.25) is 0 Å². The highest BCUT2D eigenvalue weighted by atomic mass is 16.5. The Balaban J connectivity index is 2.87. The van der Waals surface area contributed by atoms with Crippen LogP contribution in [0.25, 0.3) is 0 Å². The lowest BCUT2D eigenvalue weighted by Crippen LogP contribution is -2.28. The molecule has 17 heavy (non-hydrogen) atoms. The van der Waals surface area contributed by atoms with Crippen LogP contribution in [0.5, 0.6) is 5.88 Å². The molecular weight excluding hydrogens is 214 g/mol. The summed E-state index contributed by atoms with van der Waals surface area (Å²) in [6.07, 6.45) is 2.27. The Hall–Kier alpha value is -1.03. The fourth-order valence-electron chi connectivity index (χ4n) is 1.95. The average molecular weight is 239 g/mol. The van der Waals surface area contributed by atoms with Crippen LogP contribution in [0.3, 0.4) is 0 Å². The summed E-state index contributed by atoms with van der Waals surface area (Å²) in [5, 5.41) is 8.10. The Morgan fingerprint density at radius 3 is 2.65 bits per heavy atom. The summed E-state index contributed by atoms with van der Waals surface area (Å²) in [4.78, 5) is 0. The van der Waals surface area contributed by atoms with Crippen LogP contribution in [0.15, 0.2) is 6.07 Å². The normalized spacial score (nSPS) is 14.6. The fourth-order valence-corrected chi connectivity index (χ4v) is 1.95. The maximum Gasteiger partial charge on any atom is 0.211 e. The summed E-state index contributed by atoms with van der Waals surface area (Å²) in [5.41, 5.74) is 1.08. The second-order valence-corrected chi connectivity index (χ2v) is 4.55. The third-order valence-corrected chi connectivity index (χ3v) is 3.21. The molecular formula is C13H25N3O. The Morgan fingerprint density at radius 1 is 1.47 bits per heavy atom. The van der Waals surface area contributed by atoms with Gasteiger partial charge in [0.05, 0.1) is 18.8 Å². The molecule has 1 aromatic rings. The maximum atomic E-state index is 5.27. The van der Waals surface area contributed by atoms with E-state index in [2.05, 4.69) is 31.2 Å². The molecule has 0 saturated heterocycles. The lowest BCUT2D eigenvalue weighted by molar-refractivity contribution is 0.365. The lowest BCUT2D eigenvalue weighted by Gasteiger charge is -2.22. The number of aryl methyl sites for hydroxylation is 1. The minimum Gasteiger partial charge on any atom is -0.481 e. The van der Waals surface area contributed by atoms with Gasteiger partial charge < -0.3 is 10.1 Å². The molecule has 4 heteroatoms. The SMILES string of the molecule is CCCNC(c1cc(OC)n(C)n1)C(C)CC. The Morgan fingerprint density at radius 2 is 2.18 bits per heavy atom. The number of methoxy groups -OCH3 is 1. The van der Waals surface area contributed by atoms with Crippen LogP contribution in [-0.4, -0.2) is 23.4 Å². The first-order valence-corrected chi connectivity index (χ1v) is 6.45. The standard InChI is InChI=1S/C13H25N3O/c1-6-8-14-13(10(3)7-2)11-9-12(17-5)16(4)15-11/h9-10,13-14H,6-8H2,1-5H3. The van der Waals surface area contributed by atoms with Crippen molar-refractivity contribution in [2.45, 2.75) is 39.7 Å². The second-order valence-electron chi connectivity index (χ2n) is 4.55. The van der Waals surface area contributed by atoms with E-state index >= 15 is 0 Å². The van der Waals surface area contributed by atoms with Crippen LogP contribution >= 0.6 is 0 Å². The van der Waals surface area contributed by atoms with Crippen molar-refractivity contribution in [3.05, 3.63) is 11.8 Å². The quantitative estimate of drug-likeness (QED) is 0.794. The molecule has 1 heterocycles. The number of nitrogens with one attached hydrogen (secondary N) is 1. The summed E-state index contributed by atoms with van der Waals surface area (Å²) in [5.74, 6) is 1.38. The highest BCUT2D eigenvalue weighted by molar-refractivity contribution is 5.19. The lowest BCUT2D eigenvalue weighted by atomic mass is 9.96. The first-order valence-electron chi connectivity index (χ1n) is 6.45. The van der Waals surface area contributed by atoms with Crippen molar-refractivity contribution >= 4 is 0 Å². The molecule has 0 aromatic carbocycles. The van der Waals surface area contributed by atoms with E-state index in [-0.39, 0.29) is 0 Å². The van der Waals surface area contributed by atoms with Crippen molar-refractivity contribution < 1.29 is 4.74 Å². The molecule has 0 aliphatic rings. The van der Waals surface area contributed by atoms with Crippen molar-refractivity contribution in [2.24, 2.45) is 13.0 Å². The van der Waals surface area contributed by atoms with E-state index in [0.717, 1.165) is 31.0 Å². The van der Waals surface area contributed by atoms with E-state index in [9.17, 15) is 0 Å². The third kappa shape index (κ3) is 3.46. The molecule has 1 N–H and O–H groups in total. The van der Waals surface area contributed by atoms with Gasteiger partial charge in [0.1, 0.15) is 0 Å².